The number of carboxylic acid groups (broad SMARTS) is 1. The van der Waals surface area contributed by atoms with Gasteiger partial charge in [0.2, 0.25) is 0 Å². The molecular weight excluding hydrogens is 402 g/mol. The van der Waals surface area contributed by atoms with Gasteiger partial charge in [0.15, 0.2) is 0 Å². The fourth-order valence-electron chi connectivity index (χ4n) is 3.50. The van der Waals surface area contributed by atoms with Crippen molar-refractivity contribution in [1.82, 2.24) is 0 Å². The van der Waals surface area contributed by atoms with E-state index < -0.39 is 10.7 Å². The highest BCUT2D eigenvalue weighted by atomic mass is 35.5. The third-order valence-corrected chi connectivity index (χ3v) is 5.67. The van der Waals surface area contributed by atoms with Gasteiger partial charge in [-0.3, -0.25) is 9.21 Å². The van der Waals surface area contributed by atoms with Crippen molar-refractivity contribution in [2.75, 3.05) is 11.0 Å². The number of carboxylic acids is 1. The summed E-state index contributed by atoms with van der Waals surface area (Å²) < 4.78 is 0.473. The minimum Gasteiger partial charge on any atom is -0.480 e. The summed E-state index contributed by atoms with van der Waals surface area (Å²) in [6.07, 6.45) is 0. The number of anilines is 1. The molecule has 0 amide bonds. The normalized spacial score (nSPS) is 13.9. The Balaban J connectivity index is 2.22. The lowest BCUT2D eigenvalue weighted by Crippen LogP contribution is -2.26. The highest BCUT2D eigenvalue weighted by Gasteiger charge is 2.32. The van der Waals surface area contributed by atoms with Crippen LogP contribution in [-0.2, 0) is 9.54 Å². The van der Waals surface area contributed by atoms with Crippen LogP contribution >= 0.6 is 24.4 Å². The molecule has 29 heavy (non-hydrogen) atoms. The zero-order chi connectivity index (χ0) is 21.4. The Morgan fingerprint density at radius 2 is 1.52 bits per heavy atom. The van der Waals surface area contributed by atoms with Crippen LogP contribution in [-0.4, -0.2) is 17.6 Å². The molecule has 1 atom stereocenters. The predicted octanol–water partition coefficient (Wildman–Crippen LogP) is 6.74. The van der Waals surface area contributed by atoms with E-state index in [1.165, 1.54) is 0 Å². The summed E-state index contributed by atoms with van der Waals surface area (Å²) in [4.78, 5) is 11.8. The summed E-state index contributed by atoms with van der Waals surface area (Å²) in [5.41, 5.74) is 3.65. The van der Waals surface area contributed by atoms with Crippen molar-refractivity contribution in [3.8, 4) is 11.1 Å². The Morgan fingerprint density at radius 3 is 2.17 bits per heavy atom. The fraction of sp³-hybridized carbons (Fsp3) is 0.292. The van der Waals surface area contributed by atoms with Gasteiger partial charge in [-0.25, -0.2) is 0 Å². The van der Waals surface area contributed by atoms with Crippen molar-refractivity contribution in [3.63, 3.8) is 0 Å². The van der Waals surface area contributed by atoms with Crippen LogP contribution in [0, 0.1) is 5.41 Å². The van der Waals surface area contributed by atoms with Gasteiger partial charge in [0.1, 0.15) is 4.75 Å². The lowest BCUT2D eigenvalue weighted by molar-refractivity contribution is -0.139. The highest BCUT2D eigenvalue weighted by Crippen LogP contribution is 2.40. The van der Waals surface area contributed by atoms with Gasteiger partial charge in [0.05, 0.1) is 5.69 Å². The molecule has 0 radical (unpaired) electrons. The number of para-hydroxylation sites is 1. The number of benzene rings is 3. The van der Waals surface area contributed by atoms with Crippen molar-refractivity contribution in [3.05, 3.63) is 66.2 Å². The second-order valence-electron chi connectivity index (χ2n) is 8.68. The minimum atomic E-state index is -1.29. The molecule has 152 valence electrons. The Labute approximate surface area is 182 Å². The lowest BCUT2D eigenvalue weighted by Gasteiger charge is -2.27. The van der Waals surface area contributed by atoms with Gasteiger partial charge in [0, 0.05) is 23.9 Å². The van der Waals surface area contributed by atoms with Crippen molar-refractivity contribution >= 4 is 46.8 Å². The van der Waals surface area contributed by atoms with Crippen LogP contribution in [0.15, 0.2) is 60.7 Å². The zero-order valence-electron chi connectivity index (χ0n) is 17.1. The molecule has 3 nitrogen and oxygen atoms in total. The first-order valence-electron chi connectivity index (χ1n) is 9.53. The van der Waals surface area contributed by atoms with E-state index in [1.54, 1.807) is 11.3 Å². The molecule has 1 unspecified atom stereocenters. The first kappa shape index (κ1) is 21.5. The van der Waals surface area contributed by atoms with Gasteiger partial charge in [-0.15, -0.1) is 0 Å². The molecule has 0 aliphatic carbocycles. The van der Waals surface area contributed by atoms with Crippen molar-refractivity contribution < 1.29 is 9.90 Å². The second-order valence-corrected chi connectivity index (χ2v) is 9.98. The molecule has 0 fully saturated rings. The zero-order valence-corrected chi connectivity index (χ0v) is 18.8. The summed E-state index contributed by atoms with van der Waals surface area (Å²) in [6, 6.07) is 19.7. The molecule has 3 aromatic rings. The molecule has 5 heteroatoms. The Hall–Kier alpha value is -2.17. The van der Waals surface area contributed by atoms with Crippen LogP contribution in [0.5, 0.6) is 0 Å². The number of hydrogen-bond acceptors (Lipinski definition) is 3. The van der Waals surface area contributed by atoms with Crippen molar-refractivity contribution in [1.29, 1.82) is 0 Å². The van der Waals surface area contributed by atoms with Crippen LogP contribution in [0.4, 0.5) is 5.69 Å². The first-order valence-corrected chi connectivity index (χ1v) is 10.3. The first-order chi connectivity index (χ1) is 13.5. The minimum absolute atomic E-state index is 0.0378. The van der Waals surface area contributed by atoms with Crippen LogP contribution in [0.3, 0.4) is 0 Å². The molecule has 3 rings (SSSR count). The molecule has 0 saturated heterocycles. The summed E-state index contributed by atoms with van der Waals surface area (Å²) in [5.74, 6) is -0.976. The number of aliphatic carboxylic acids is 1. The van der Waals surface area contributed by atoms with E-state index in [0.29, 0.717) is 12.1 Å². The second kappa shape index (κ2) is 7.92. The summed E-state index contributed by atoms with van der Waals surface area (Å²) in [6.45, 7) is 8.74. The quantitative estimate of drug-likeness (QED) is 0.349. The van der Waals surface area contributed by atoms with E-state index in [-0.39, 0.29) is 5.41 Å². The van der Waals surface area contributed by atoms with Crippen LogP contribution in [0.1, 0.15) is 33.3 Å². The van der Waals surface area contributed by atoms with Crippen LogP contribution in [0.2, 0.25) is 0 Å². The summed E-state index contributed by atoms with van der Waals surface area (Å²) >= 11 is 11.1. The predicted molar refractivity (Wildman–Crippen MR) is 126 cm³/mol. The molecule has 0 aliphatic heterocycles. The maximum absolute atomic E-state index is 11.8. The summed E-state index contributed by atoms with van der Waals surface area (Å²) in [7, 11) is 0. The van der Waals surface area contributed by atoms with E-state index in [2.05, 4.69) is 33.4 Å². The number of carbonyl (C=O) groups is 1. The molecule has 0 heterocycles. The number of nitrogens with zero attached hydrogens (tertiary/aromatic N) is 1. The van der Waals surface area contributed by atoms with E-state index in [4.69, 9.17) is 11.8 Å². The van der Waals surface area contributed by atoms with Gasteiger partial charge < -0.3 is 5.11 Å². The topological polar surface area (TPSA) is 40.5 Å². The van der Waals surface area contributed by atoms with Gasteiger partial charge in [0.25, 0.3) is 0 Å². The highest BCUT2D eigenvalue weighted by molar-refractivity contribution is 7.82. The van der Waals surface area contributed by atoms with E-state index >= 15 is 0 Å². The SMILES string of the molecule is CC(C)(C)CN(Cl)c1ccccc1-c1cccc2c(C(C)(S)C(=O)O)cccc12. The van der Waals surface area contributed by atoms with Crippen molar-refractivity contribution in [2.45, 2.75) is 32.4 Å². The van der Waals surface area contributed by atoms with Gasteiger partial charge in [-0.1, -0.05) is 75.4 Å². The van der Waals surface area contributed by atoms with Gasteiger partial charge in [-0.2, -0.15) is 12.6 Å². The average molecular weight is 428 g/mol. The smallest absolute Gasteiger partial charge is 0.323 e. The van der Waals surface area contributed by atoms with Gasteiger partial charge in [-0.05, 0) is 40.3 Å². The lowest BCUT2D eigenvalue weighted by atomic mass is 9.89. The Kier molecular flexibility index (Phi) is 5.88. The number of halogens is 1. The third-order valence-electron chi connectivity index (χ3n) is 4.93. The van der Waals surface area contributed by atoms with Crippen LogP contribution < -0.4 is 4.42 Å². The molecule has 0 spiro atoms. The standard InChI is InChI=1S/C24H26ClNO2S/c1-23(2,3)15-26(25)21-14-6-5-9-19(21)17-10-7-12-18-16(17)11-8-13-20(18)24(4,29)22(27)28/h5-14,29H,15H2,1-4H3,(H,27,28). The monoisotopic (exact) mass is 427 g/mol. The fourth-order valence-corrected chi connectivity index (χ4v) is 4.20. The number of rotatable bonds is 5. The largest absolute Gasteiger partial charge is 0.480 e. The van der Waals surface area contributed by atoms with Crippen LogP contribution in [0.25, 0.3) is 21.9 Å². The molecule has 0 bridgehead atoms. The molecule has 0 saturated carbocycles. The molecule has 0 aliphatic rings. The number of fused-ring (bicyclic) bond motifs is 1. The maximum atomic E-state index is 11.8. The van der Waals surface area contributed by atoms with E-state index in [0.717, 1.165) is 27.6 Å². The number of thiol groups is 1. The average Bonchev–Trinajstić information content (AvgIpc) is 2.65. The third kappa shape index (κ3) is 4.39. The molecular formula is C24H26ClNO2S. The Bertz CT molecular complexity index is 1060. The van der Waals surface area contributed by atoms with E-state index in [1.807, 2.05) is 60.7 Å². The molecule has 3 aromatic carbocycles. The molecule has 1 N–H and O–H groups in total. The number of hydrogen-bond donors (Lipinski definition) is 2. The maximum Gasteiger partial charge on any atom is 0.323 e. The summed E-state index contributed by atoms with van der Waals surface area (Å²) in [5, 5.41) is 11.5. The Morgan fingerprint density at radius 1 is 0.931 bits per heavy atom. The van der Waals surface area contributed by atoms with Gasteiger partial charge >= 0.3 is 5.97 Å². The molecule has 0 aromatic heterocycles. The van der Waals surface area contributed by atoms with E-state index in [9.17, 15) is 9.90 Å². The van der Waals surface area contributed by atoms with Crippen molar-refractivity contribution in [2.24, 2.45) is 5.41 Å².